The van der Waals surface area contributed by atoms with Gasteiger partial charge in [0.05, 0.1) is 13.0 Å². The number of nitrogens with one attached hydrogen (secondary N) is 2. The molecule has 5 nitrogen and oxygen atoms in total. The quantitative estimate of drug-likeness (QED) is 0.779. The van der Waals surface area contributed by atoms with Crippen molar-refractivity contribution in [2.24, 2.45) is 0 Å². The molecule has 1 aromatic rings. The molecule has 2 atom stereocenters. The van der Waals surface area contributed by atoms with Crippen molar-refractivity contribution in [3.8, 4) is 0 Å². The summed E-state index contributed by atoms with van der Waals surface area (Å²) in [6.07, 6.45) is 1.15. The zero-order valence-corrected chi connectivity index (χ0v) is 12.6. The number of cyclic esters (lactones) is 1. The summed E-state index contributed by atoms with van der Waals surface area (Å²) < 4.78 is 5.09. The highest BCUT2D eigenvalue weighted by Crippen LogP contribution is 2.09. The second-order valence-electron chi connectivity index (χ2n) is 5.50. The van der Waals surface area contributed by atoms with Crippen LogP contribution in [0.5, 0.6) is 0 Å². The molecule has 1 saturated heterocycles. The van der Waals surface area contributed by atoms with E-state index in [2.05, 4.69) is 12.2 Å². The van der Waals surface area contributed by atoms with Gasteiger partial charge >= 0.3 is 5.97 Å². The van der Waals surface area contributed by atoms with Gasteiger partial charge in [-0.1, -0.05) is 24.6 Å². The lowest BCUT2D eigenvalue weighted by atomic mass is 10.1. The number of benzene rings is 1. The van der Waals surface area contributed by atoms with Gasteiger partial charge in [-0.2, -0.15) is 0 Å². The van der Waals surface area contributed by atoms with Gasteiger partial charge in [0.1, 0.15) is 13.2 Å². The van der Waals surface area contributed by atoms with E-state index in [0.29, 0.717) is 6.61 Å². The van der Waals surface area contributed by atoms with Crippen LogP contribution in [-0.4, -0.2) is 37.6 Å². The Balaban J connectivity index is 1.96. The predicted molar refractivity (Wildman–Crippen MR) is 80.2 cm³/mol. The zero-order chi connectivity index (χ0) is 15.2. The average molecular weight is 291 g/mol. The van der Waals surface area contributed by atoms with Crippen LogP contribution < -0.4 is 10.2 Å². The third kappa shape index (κ3) is 4.29. The lowest BCUT2D eigenvalue weighted by Gasteiger charge is -2.30. The molecule has 1 unspecified atom stereocenters. The lowest BCUT2D eigenvalue weighted by Crippen LogP contribution is -3.18. The van der Waals surface area contributed by atoms with Crippen LogP contribution >= 0.6 is 0 Å². The summed E-state index contributed by atoms with van der Waals surface area (Å²) in [6.45, 7) is 6.19. The predicted octanol–water partition coefficient (Wildman–Crippen LogP) is 0.544. The molecule has 0 aromatic heterocycles. The molecule has 1 aliphatic heterocycles. The fraction of sp³-hybridized carbons (Fsp3) is 0.500. The Morgan fingerprint density at radius 3 is 2.76 bits per heavy atom. The van der Waals surface area contributed by atoms with Gasteiger partial charge in [-0.05, 0) is 25.5 Å². The fourth-order valence-corrected chi connectivity index (χ4v) is 2.61. The van der Waals surface area contributed by atoms with Crippen molar-refractivity contribution in [3.05, 3.63) is 29.8 Å². The summed E-state index contributed by atoms with van der Waals surface area (Å²) >= 11 is 0. The molecule has 2 rings (SSSR count). The number of amides is 1. The Kier molecular flexibility index (Phi) is 5.33. The summed E-state index contributed by atoms with van der Waals surface area (Å²) in [7, 11) is 0. The van der Waals surface area contributed by atoms with Crippen molar-refractivity contribution in [3.63, 3.8) is 0 Å². The number of esters is 1. The SMILES string of the molecule is CCC[NH+]1CCOC(=O)[C@@H]1CC(=O)Nc1ccc(C)cc1. The van der Waals surface area contributed by atoms with Crippen molar-refractivity contribution < 1.29 is 19.2 Å². The van der Waals surface area contributed by atoms with Crippen molar-refractivity contribution in [2.45, 2.75) is 32.7 Å². The zero-order valence-electron chi connectivity index (χ0n) is 12.6. The molecule has 0 aliphatic carbocycles. The van der Waals surface area contributed by atoms with Crippen LogP contribution in [0.3, 0.4) is 0 Å². The first-order valence-electron chi connectivity index (χ1n) is 7.48. The number of morpholine rings is 1. The highest BCUT2D eigenvalue weighted by molar-refractivity contribution is 5.93. The molecule has 1 amide bonds. The Bertz CT molecular complexity index is 497. The van der Waals surface area contributed by atoms with Gasteiger partial charge in [0.15, 0.2) is 6.04 Å². The third-order valence-corrected chi connectivity index (χ3v) is 3.74. The highest BCUT2D eigenvalue weighted by Gasteiger charge is 2.36. The Morgan fingerprint density at radius 2 is 2.10 bits per heavy atom. The monoisotopic (exact) mass is 291 g/mol. The lowest BCUT2D eigenvalue weighted by molar-refractivity contribution is -0.921. The Morgan fingerprint density at radius 1 is 1.38 bits per heavy atom. The summed E-state index contributed by atoms with van der Waals surface area (Å²) in [5.74, 6) is -0.403. The minimum atomic E-state index is -0.385. The normalized spacial score (nSPS) is 21.7. The number of rotatable bonds is 5. The van der Waals surface area contributed by atoms with Crippen LogP contribution in [0, 0.1) is 6.92 Å². The first-order chi connectivity index (χ1) is 10.1. The first kappa shape index (κ1) is 15.5. The first-order valence-corrected chi connectivity index (χ1v) is 7.48. The van der Waals surface area contributed by atoms with E-state index in [9.17, 15) is 9.59 Å². The van der Waals surface area contributed by atoms with E-state index in [1.165, 1.54) is 0 Å². The molecule has 5 heteroatoms. The minimum Gasteiger partial charge on any atom is -0.455 e. The maximum Gasteiger partial charge on any atom is 0.365 e. The third-order valence-electron chi connectivity index (χ3n) is 3.74. The van der Waals surface area contributed by atoms with E-state index in [-0.39, 0.29) is 24.3 Å². The van der Waals surface area contributed by atoms with Crippen molar-refractivity contribution in [1.29, 1.82) is 0 Å². The van der Waals surface area contributed by atoms with Crippen LogP contribution in [0.25, 0.3) is 0 Å². The molecule has 0 bridgehead atoms. The molecule has 1 aromatic carbocycles. The topological polar surface area (TPSA) is 59.8 Å². The molecule has 0 saturated carbocycles. The summed E-state index contributed by atoms with van der Waals surface area (Å²) in [4.78, 5) is 25.2. The van der Waals surface area contributed by atoms with E-state index in [1.807, 2.05) is 31.2 Å². The van der Waals surface area contributed by atoms with Crippen LogP contribution in [0.15, 0.2) is 24.3 Å². The van der Waals surface area contributed by atoms with Gasteiger partial charge in [-0.3, -0.25) is 4.79 Å². The molecule has 21 heavy (non-hydrogen) atoms. The van der Waals surface area contributed by atoms with E-state index in [1.54, 1.807) is 0 Å². The Labute approximate surface area is 125 Å². The second-order valence-corrected chi connectivity index (χ2v) is 5.50. The van der Waals surface area contributed by atoms with Gasteiger partial charge in [-0.15, -0.1) is 0 Å². The summed E-state index contributed by atoms with van der Waals surface area (Å²) in [5.41, 5.74) is 1.90. The largest absolute Gasteiger partial charge is 0.455 e. The Hall–Kier alpha value is -1.88. The maximum absolute atomic E-state index is 12.1. The molecule has 1 fully saturated rings. The van der Waals surface area contributed by atoms with E-state index < -0.39 is 0 Å². The molecule has 1 aliphatic rings. The summed E-state index contributed by atoms with van der Waals surface area (Å²) in [6, 6.07) is 7.23. The van der Waals surface area contributed by atoms with Gasteiger partial charge in [0.2, 0.25) is 5.91 Å². The van der Waals surface area contributed by atoms with Crippen molar-refractivity contribution >= 4 is 17.6 Å². The molecule has 1 heterocycles. The van der Waals surface area contributed by atoms with Crippen molar-refractivity contribution in [1.82, 2.24) is 0 Å². The average Bonchev–Trinajstić information content (AvgIpc) is 2.45. The molecule has 2 N–H and O–H groups in total. The van der Waals surface area contributed by atoms with Crippen LogP contribution in [0.4, 0.5) is 5.69 Å². The number of carbonyl (C=O) groups excluding carboxylic acids is 2. The second kappa shape index (κ2) is 7.22. The fourth-order valence-electron chi connectivity index (χ4n) is 2.61. The molecule has 0 radical (unpaired) electrons. The number of hydrogen-bond donors (Lipinski definition) is 2. The number of hydrogen-bond acceptors (Lipinski definition) is 3. The van der Waals surface area contributed by atoms with Gasteiger partial charge in [0.25, 0.3) is 0 Å². The van der Waals surface area contributed by atoms with E-state index in [4.69, 9.17) is 4.74 Å². The number of aryl methyl sites for hydroxylation is 1. The molecular formula is C16H23N2O3+. The maximum atomic E-state index is 12.1. The summed E-state index contributed by atoms with van der Waals surface area (Å²) in [5, 5.41) is 2.84. The van der Waals surface area contributed by atoms with E-state index >= 15 is 0 Å². The van der Waals surface area contributed by atoms with Gasteiger partial charge in [0, 0.05) is 5.69 Å². The number of quaternary nitrogens is 1. The van der Waals surface area contributed by atoms with Crippen molar-refractivity contribution in [2.75, 3.05) is 25.0 Å². The van der Waals surface area contributed by atoms with Crippen LogP contribution in [-0.2, 0) is 14.3 Å². The van der Waals surface area contributed by atoms with Gasteiger partial charge < -0.3 is 15.0 Å². The van der Waals surface area contributed by atoms with Crippen LogP contribution in [0.2, 0.25) is 0 Å². The molecule has 0 spiro atoms. The highest BCUT2D eigenvalue weighted by atomic mass is 16.5. The number of anilines is 1. The smallest absolute Gasteiger partial charge is 0.365 e. The van der Waals surface area contributed by atoms with Gasteiger partial charge in [-0.25, -0.2) is 4.79 Å². The number of ether oxygens (including phenoxy) is 1. The molecule has 114 valence electrons. The van der Waals surface area contributed by atoms with E-state index in [0.717, 1.165) is 35.7 Å². The minimum absolute atomic E-state index is 0.142. The molecular weight excluding hydrogens is 268 g/mol. The standard InChI is InChI=1S/C16H22N2O3/c1-3-8-18-9-10-21-16(20)14(18)11-15(19)17-13-6-4-12(2)5-7-13/h4-7,14H,3,8-11H2,1-2H3,(H,17,19)/p+1/t14-/m0/s1. The number of carbonyl (C=O) groups is 2. The van der Waals surface area contributed by atoms with Crippen LogP contribution in [0.1, 0.15) is 25.3 Å².